The number of carbonyl (C=O) groups is 3. The fourth-order valence-corrected chi connectivity index (χ4v) is 6.03. The van der Waals surface area contributed by atoms with E-state index in [0.717, 1.165) is 29.4 Å². The van der Waals surface area contributed by atoms with Crippen molar-refractivity contribution in [3.63, 3.8) is 0 Å². The van der Waals surface area contributed by atoms with Crippen molar-refractivity contribution in [1.29, 1.82) is 0 Å². The maximum Gasteiger partial charge on any atom is 0.308 e. The van der Waals surface area contributed by atoms with Gasteiger partial charge in [0, 0.05) is 49.7 Å². The molecule has 3 aromatic rings. The zero-order chi connectivity index (χ0) is 28.3. The SMILES string of the molecule is CC(C)(C)OC(=O)CCN1C(=O)C(Cc2c[nH]c3ccccc23)NC(=O)C12CCN(CCc1ccccc1)CC2. The predicted molar refractivity (Wildman–Crippen MR) is 155 cm³/mol. The molecule has 0 saturated carbocycles. The zero-order valence-corrected chi connectivity index (χ0v) is 23.7. The second-order valence-corrected chi connectivity index (χ2v) is 12.0. The molecule has 0 radical (unpaired) electrons. The number of hydrogen-bond donors (Lipinski definition) is 2. The van der Waals surface area contributed by atoms with Gasteiger partial charge in [0.25, 0.3) is 0 Å². The van der Waals surface area contributed by atoms with Crippen LogP contribution in [0.1, 0.15) is 51.2 Å². The largest absolute Gasteiger partial charge is 0.460 e. The van der Waals surface area contributed by atoms with Gasteiger partial charge in [-0.25, -0.2) is 0 Å². The molecule has 1 spiro atoms. The Hall–Kier alpha value is -3.65. The van der Waals surface area contributed by atoms with Gasteiger partial charge in [0.15, 0.2) is 0 Å². The van der Waals surface area contributed by atoms with Crippen molar-refractivity contribution in [3.8, 4) is 0 Å². The molecule has 2 fully saturated rings. The van der Waals surface area contributed by atoms with Crippen LogP contribution in [0.15, 0.2) is 60.8 Å². The van der Waals surface area contributed by atoms with Crippen LogP contribution in [0.4, 0.5) is 0 Å². The molecule has 2 amide bonds. The van der Waals surface area contributed by atoms with E-state index < -0.39 is 17.2 Å². The maximum atomic E-state index is 14.0. The number of para-hydroxylation sites is 1. The molecule has 3 heterocycles. The fourth-order valence-electron chi connectivity index (χ4n) is 6.03. The first kappa shape index (κ1) is 27.9. The summed E-state index contributed by atoms with van der Waals surface area (Å²) in [4.78, 5) is 47.8. The summed E-state index contributed by atoms with van der Waals surface area (Å²) < 4.78 is 5.53. The Morgan fingerprint density at radius 2 is 1.70 bits per heavy atom. The Labute approximate surface area is 236 Å². The highest BCUT2D eigenvalue weighted by Crippen LogP contribution is 2.34. The molecule has 2 N–H and O–H groups in total. The summed E-state index contributed by atoms with van der Waals surface area (Å²) in [6.07, 6.45) is 4.35. The number of aromatic nitrogens is 1. The highest BCUT2D eigenvalue weighted by atomic mass is 16.6. The monoisotopic (exact) mass is 544 g/mol. The molecule has 0 aliphatic carbocycles. The van der Waals surface area contributed by atoms with Gasteiger partial charge in [-0.15, -0.1) is 0 Å². The number of hydrogen-bond acceptors (Lipinski definition) is 5. The molecule has 1 unspecified atom stereocenters. The topological polar surface area (TPSA) is 94.7 Å². The van der Waals surface area contributed by atoms with Gasteiger partial charge in [0.2, 0.25) is 11.8 Å². The number of esters is 1. The van der Waals surface area contributed by atoms with E-state index in [1.807, 2.05) is 69.4 Å². The molecule has 8 heteroatoms. The lowest BCUT2D eigenvalue weighted by Gasteiger charge is -2.51. The van der Waals surface area contributed by atoms with Crippen LogP contribution in [0.3, 0.4) is 0 Å². The molecule has 5 rings (SSSR count). The van der Waals surface area contributed by atoms with Crippen LogP contribution < -0.4 is 5.32 Å². The fraction of sp³-hybridized carbons (Fsp3) is 0.469. The smallest absolute Gasteiger partial charge is 0.308 e. The number of nitrogens with zero attached hydrogens (tertiary/aromatic N) is 2. The van der Waals surface area contributed by atoms with Crippen LogP contribution >= 0.6 is 0 Å². The van der Waals surface area contributed by atoms with Crippen LogP contribution in [-0.2, 0) is 32.0 Å². The lowest BCUT2D eigenvalue weighted by molar-refractivity contribution is -0.164. The molecule has 2 saturated heterocycles. The minimum Gasteiger partial charge on any atom is -0.460 e. The minimum atomic E-state index is -0.959. The van der Waals surface area contributed by atoms with Crippen molar-refractivity contribution in [2.24, 2.45) is 0 Å². The van der Waals surface area contributed by atoms with Crippen LogP contribution in [0.5, 0.6) is 0 Å². The molecular weight excluding hydrogens is 504 g/mol. The third kappa shape index (κ3) is 6.07. The van der Waals surface area contributed by atoms with Crippen LogP contribution in [0.25, 0.3) is 10.9 Å². The summed E-state index contributed by atoms with van der Waals surface area (Å²) in [5.74, 6) is -0.620. The number of rotatable bonds is 8. The molecule has 2 aromatic carbocycles. The summed E-state index contributed by atoms with van der Waals surface area (Å²) in [7, 11) is 0. The first-order chi connectivity index (χ1) is 19.1. The van der Waals surface area contributed by atoms with E-state index in [4.69, 9.17) is 4.74 Å². The van der Waals surface area contributed by atoms with Gasteiger partial charge in [0.05, 0.1) is 6.42 Å². The highest BCUT2D eigenvalue weighted by molar-refractivity contribution is 6.00. The molecule has 8 nitrogen and oxygen atoms in total. The second kappa shape index (κ2) is 11.5. The maximum absolute atomic E-state index is 14.0. The van der Waals surface area contributed by atoms with Gasteiger partial charge >= 0.3 is 5.97 Å². The molecule has 212 valence electrons. The van der Waals surface area contributed by atoms with E-state index in [0.29, 0.717) is 32.4 Å². The van der Waals surface area contributed by atoms with Gasteiger partial charge in [-0.1, -0.05) is 48.5 Å². The number of ether oxygens (including phenoxy) is 1. The van der Waals surface area contributed by atoms with E-state index in [-0.39, 0.29) is 30.7 Å². The molecule has 2 aliphatic heterocycles. The average Bonchev–Trinajstić information content (AvgIpc) is 3.33. The average molecular weight is 545 g/mol. The number of aromatic amines is 1. The summed E-state index contributed by atoms with van der Waals surface area (Å²) in [6.45, 7) is 7.97. The molecule has 40 heavy (non-hydrogen) atoms. The molecule has 0 bridgehead atoms. The van der Waals surface area contributed by atoms with E-state index in [2.05, 4.69) is 27.3 Å². The Kier molecular flexibility index (Phi) is 7.99. The predicted octanol–water partition coefficient (Wildman–Crippen LogP) is 3.85. The number of piperidine rings is 1. The number of H-pyrrole nitrogens is 1. The van der Waals surface area contributed by atoms with E-state index in [9.17, 15) is 14.4 Å². The highest BCUT2D eigenvalue weighted by Gasteiger charge is 2.53. The van der Waals surface area contributed by atoms with Crippen LogP contribution in [0.2, 0.25) is 0 Å². The normalized spacial score (nSPS) is 19.7. The standard InChI is InChI=1S/C32H40N4O4/c1-31(2,3)40-28(37)14-18-36-29(38)27(21-24-22-33-26-12-8-7-11-25(24)26)34-30(39)32(36)15-19-35(20-16-32)17-13-23-9-5-4-6-10-23/h4-12,22,27,33H,13-21H2,1-3H3,(H,34,39). The third-order valence-corrected chi connectivity index (χ3v) is 8.11. The lowest BCUT2D eigenvalue weighted by atomic mass is 9.81. The van der Waals surface area contributed by atoms with Crippen LogP contribution in [-0.4, -0.2) is 75.9 Å². The Bertz CT molecular complexity index is 1350. The van der Waals surface area contributed by atoms with E-state index in [1.54, 1.807) is 4.90 Å². The number of carbonyl (C=O) groups excluding carboxylic acids is 3. The second-order valence-electron chi connectivity index (χ2n) is 12.0. The lowest BCUT2D eigenvalue weighted by Crippen LogP contribution is -2.73. The van der Waals surface area contributed by atoms with Crippen molar-refractivity contribution in [2.75, 3.05) is 26.2 Å². The van der Waals surface area contributed by atoms with Crippen molar-refractivity contribution in [2.45, 2.75) is 70.1 Å². The van der Waals surface area contributed by atoms with Gasteiger partial charge in [-0.2, -0.15) is 0 Å². The number of amides is 2. The molecule has 1 atom stereocenters. The summed E-state index contributed by atoms with van der Waals surface area (Å²) in [6, 6.07) is 17.6. The first-order valence-electron chi connectivity index (χ1n) is 14.3. The van der Waals surface area contributed by atoms with Crippen molar-refractivity contribution < 1.29 is 19.1 Å². The Morgan fingerprint density at radius 3 is 2.42 bits per heavy atom. The minimum absolute atomic E-state index is 0.0512. The first-order valence-corrected chi connectivity index (χ1v) is 14.3. The van der Waals surface area contributed by atoms with Crippen LogP contribution in [0, 0.1) is 0 Å². The van der Waals surface area contributed by atoms with Gasteiger partial charge in [-0.3, -0.25) is 14.4 Å². The number of nitrogens with one attached hydrogen (secondary N) is 2. The van der Waals surface area contributed by atoms with E-state index >= 15 is 0 Å². The number of benzene rings is 2. The zero-order valence-electron chi connectivity index (χ0n) is 23.7. The number of piperazine rings is 1. The van der Waals surface area contributed by atoms with Gasteiger partial charge in [0.1, 0.15) is 17.2 Å². The van der Waals surface area contributed by atoms with Crippen molar-refractivity contribution in [1.82, 2.24) is 20.1 Å². The molecular formula is C32H40N4O4. The third-order valence-electron chi connectivity index (χ3n) is 8.11. The number of fused-ring (bicyclic) bond motifs is 1. The Morgan fingerprint density at radius 1 is 1.00 bits per heavy atom. The summed E-state index contributed by atoms with van der Waals surface area (Å²) in [5, 5.41) is 4.12. The van der Waals surface area contributed by atoms with Crippen molar-refractivity contribution >= 4 is 28.7 Å². The van der Waals surface area contributed by atoms with E-state index in [1.165, 1.54) is 5.56 Å². The molecule has 1 aromatic heterocycles. The van der Waals surface area contributed by atoms with Crippen molar-refractivity contribution in [3.05, 3.63) is 71.9 Å². The summed E-state index contributed by atoms with van der Waals surface area (Å²) in [5.41, 5.74) is 1.69. The van der Waals surface area contributed by atoms with Gasteiger partial charge in [-0.05, 0) is 57.2 Å². The summed E-state index contributed by atoms with van der Waals surface area (Å²) >= 11 is 0. The Balaban J connectivity index is 1.32. The quantitative estimate of drug-likeness (QED) is 0.420. The van der Waals surface area contributed by atoms with Gasteiger partial charge < -0.3 is 24.8 Å². The molecule has 2 aliphatic rings. The number of likely N-dealkylation sites (tertiary alicyclic amines) is 1.